The molecule has 1 aromatic carbocycles. The smallest absolute Gasteiger partial charge is 0.195 e. The summed E-state index contributed by atoms with van der Waals surface area (Å²) < 4.78 is 40.4. The van der Waals surface area contributed by atoms with E-state index in [0.29, 0.717) is 10.2 Å². The predicted molar refractivity (Wildman–Crippen MR) is 62.7 cm³/mol. The van der Waals surface area contributed by atoms with Crippen LogP contribution >= 0.6 is 11.3 Å². The Morgan fingerprint density at radius 3 is 2.61 bits per heavy atom. The first-order chi connectivity index (χ1) is 8.68. The average Bonchev–Trinajstić information content (AvgIpc) is 2.84. The Hall–Kier alpha value is -1.95. The van der Waals surface area contributed by atoms with Gasteiger partial charge in [0.2, 0.25) is 0 Å². The summed E-state index contributed by atoms with van der Waals surface area (Å²) in [5.74, 6) is -3.94. The minimum atomic E-state index is -1.49. The standard InChI is InChI=1S/C12H5F3N2S/c13-7-2-1-6(9(14)10(7)15)11-12-8(3-4-18-12)16-5-17-11/h1-5H. The van der Waals surface area contributed by atoms with Gasteiger partial charge in [-0.15, -0.1) is 11.3 Å². The van der Waals surface area contributed by atoms with E-state index in [4.69, 9.17) is 0 Å². The number of benzene rings is 1. The highest BCUT2D eigenvalue weighted by Gasteiger charge is 2.17. The van der Waals surface area contributed by atoms with Gasteiger partial charge in [0.25, 0.3) is 0 Å². The zero-order chi connectivity index (χ0) is 12.7. The van der Waals surface area contributed by atoms with Crippen molar-refractivity contribution in [2.45, 2.75) is 0 Å². The van der Waals surface area contributed by atoms with Gasteiger partial charge in [0.15, 0.2) is 17.5 Å². The first kappa shape index (κ1) is 11.2. The van der Waals surface area contributed by atoms with Crippen LogP contribution in [0.3, 0.4) is 0 Å². The van der Waals surface area contributed by atoms with Crippen LogP contribution in [0.15, 0.2) is 29.9 Å². The lowest BCUT2D eigenvalue weighted by atomic mass is 10.1. The maximum absolute atomic E-state index is 13.7. The molecule has 18 heavy (non-hydrogen) atoms. The van der Waals surface area contributed by atoms with E-state index in [9.17, 15) is 13.2 Å². The molecule has 0 fully saturated rings. The molecule has 0 aliphatic carbocycles. The van der Waals surface area contributed by atoms with E-state index in [1.54, 1.807) is 11.4 Å². The number of rotatable bonds is 1. The van der Waals surface area contributed by atoms with Gasteiger partial charge < -0.3 is 0 Å². The molecule has 0 atom stereocenters. The zero-order valence-electron chi connectivity index (χ0n) is 8.82. The van der Waals surface area contributed by atoms with Crippen molar-refractivity contribution >= 4 is 21.6 Å². The zero-order valence-corrected chi connectivity index (χ0v) is 9.64. The molecule has 0 amide bonds. The van der Waals surface area contributed by atoms with E-state index in [-0.39, 0.29) is 11.3 Å². The molecule has 0 saturated carbocycles. The molecule has 0 spiro atoms. The first-order valence-electron chi connectivity index (χ1n) is 5.00. The molecular formula is C12H5F3N2S. The molecule has 0 saturated heterocycles. The number of hydrogen-bond donors (Lipinski definition) is 0. The summed E-state index contributed by atoms with van der Waals surface area (Å²) in [6.07, 6.45) is 1.27. The van der Waals surface area contributed by atoms with Crippen molar-refractivity contribution < 1.29 is 13.2 Å². The van der Waals surface area contributed by atoms with Gasteiger partial charge in [0, 0.05) is 5.56 Å². The maximum atomic E-state index is 13.7. The van der Waals surface area contributed by atoms with Crippen molar-refractivity contribution in [1.82, 2.24) is 9.97 Å². The Morgan fingerprint density at radius 2 is 1.78 bits per heavy atom. The van der Waals surface area contributed by atoms with Crippen molar-refractivity contribution in [3.63, 3.8) is 0 Å². The molecule has 0 radical (unpaired) electrons. The summed E-state index contributed by atoms with van der Waals surface area (Å²) >= 11 is 1.32. The molecule has 2 aromatic heterocycles. The molecule has 0 bridgehead atoms. The Labute approximate surface area is 104 Å². The van der Waals surface area contributed by atoms with E-state index in [0.717, 1.165) is 6.07 Å². The van der Waals surface area contributed by atoms with Gasteiger partial charge in [-0.3, -0.25) is 0 Å². The molecule has 0 N–H and O–H groups in total. The van der Waals surface area contributed by atoms with E-state index < -0.39 is 17.5 Å². The Bertz CT molecular complexity index is 739. The van der Waals surface area contributed by atoms with E-state index in [1.165, 1.54) is 23.7 Å². The molecule has 2 nitrogen and oxygen atoms in total. The Kier molecular flexibility index (Phi) is 2.52. The van der Waals surface area contributed by atoms with Gasteiger partial charge in [-0.2, -0.15) is 0 Å². The number of aromatic nitrogens is 2. The summed E-state index contributed by atoms with van der Waals surface area (Å²) in [4.78, 5) is 7.96. The van der Waals surface area contributed by atoms with Crippen LogP contribution in [-0.2, 0) is 0 Å². The van der Waals surface area contributed by atoms with Crippen molar-refractivity contribution in [2.24, 2.45) is 0 Å². The Morgan fingerprint density at radius 1 is 0.944 bits per heavy atom. The molecular weight excluding hydrogens is 261 g/mol. The van der Waals surface area contributed by atoms with Crippen LogP contribution < -0.4 is 0 Å². The topological polar surface area (TPSA) is 25.8 Å². The lowest BCUT2D eigenvalue weighted by Gasteiger charge is -2.04. The highest BCUT2D eigenvalue weighted by Crippen LogP contribution is 2.32. The quantitative estimate of drug-likeness (QED) is 0.626. The van der Waals surface area contributed by atoms with Crippen LogP contribution in [0.2, 0.25) is 0 Å². The summed E-state index contributed by atoms with van der Waals surface area (Å²) in [6, 6.07) is 3.81. The van der Waals surface area contributed by atoms with Crippen molar-refractivity contribution in [3.05, 3.63) is 47.4 Å². The van der Waals surface area contributed by atoms with Gasteiger partial charge in [-0.1, -0.05) is 0 Å². The normalized spacial score (nSPS) is 11.1. The molecule has 6 heteroatoms. The van der Waals surface area contributed by atoms with E-state index >= 15 is 0 Å². The van der Waals surface area contributed by atoms with Crippen LogP contribution in [0.5, 0.6) is 0 Å². The Balaban J connectivity index is 2.33. The van der Waals surface area contributed by atoms with Crippen LogP contribution in [0, 0.1) is 17.5 Å². The van der Waals surface area contributed by atoms with Crippen molar-refractivity contribution in [2.75, 3.05) is 0 Å². The highest BCUT2D eigenvalue weighted by atomic mass is 32.1. The van der Waals surface area contributed by atoms with Crippen LogP contribution in [0.4, 0.5) is 13.2 Å². The second-order valence-electron chi connectivity index (χ2n) is 3.58. The highest BCUT2D eigenvalue weighted by molar-refractivity contribution is 7.17. The number of thiophene rings is 1. The molecule has 0 unspecified atom stereocenters. The third kappa shape index (κ3) is 1.57. The van der Waals surface area contributed by atoms with Crippen molar-refractivity contribution in [1.29, 1.82) is 0 Å². The summed E-state index contributed by atoms with van der Waals surface area (Å²) in [7, 11) is 0. The molecule has 0 aliphatic rings. The third-order valence-corrected chi connectivity index (χ3v) is 3.44. The monoisotopic (exact) mass is 266 g/mol. The first-order valence-corrected chi connectivity index (χ1v) is 5.88. The summed E-state index contributed by atoms with van der Waals surface area (Å²) in [6.45, 7) is 0. The number of nitrogens with zero attached hydrogens (tertiary/aromatic N) is 2. The van der Waals surface area contributed by atoms with Gasteiger partial charge in [-0.05, 0) is 23.6 Å². The molecule has 2 heterocycles. The lowest BCUT2D eigenvalue weighted by molar-refractivity contribution is 0.449. The molecule has 3 aromatic rings. The SMILES string of the molecule is Fc1ccc(-c2ncnc3ccsc23)c(F)c1F. The molecule has 90 valence electrons. The van der Waals surface area contributed by atoms with Crippen molar-refractivity contribution in [3.8, 4) is 11.3 Å². The molecule has 0 aliphatic heterocycles. The lowest BCUT2D eigenvalue weighted by Crippen LogP contribution is -1.95. The second-order valence-corrected chi connectivity index (χ2v) is 4.50. The summed E-state index contributed by atoms with van der Waals surface area (Å²) in [5, 5.41) is 1.78. The minimum absolute atomic E-state index is 0.0660. The number of halogens is 3. The predicted octanol–water partition coefficient (Wildman–Crippen LogP) is 3.78. The number of hydrogen-bond acceptors (Lipinski definition) is 3. The largest absolute Gasteiger partial charge is 0.235 e. The van der Waals surface area contributed by atoms with Crippen LogP contribution in [0.1, 0.15) is 0 Å². The fraction of sp³-hybridized carbons (Fsp3) is 0. The average molecular weight is 266 g/mol. The number of fused-ring (bicyclic) bond motifs is 1. The fourth-order valence-corrected chi connectivity index (χ4v) is 2.54. The van der Waals surface area contributed by atoms with Crippen LogP contribution in [-0.4, -0.2) is 9.97 Å². The van der Waals surface area contributed by atoms with Gasteiger partial charge in [0.1, 0.15) is 6.33 Å². The third-order valence-electron chi connectivity index (χ3n) is 2.53. The fourth-order valence-electron chi connectivity index (χ4n) is 1.69. The van der Waals surface area contributed by atoms with Crippen LogP contribution in [0.25, 0.3) is 21.5 Å². The van der Waals surface area contributed by atoms with Gasteiger partial charge in [0.05, 0.1) is 15.9 Å². The van der Waals surface area contributed by atoms with E-state index in [2.05, 4.69) is 9.97 Å². The van der Waals surface area contributed by atoms with E-state index in [1.807, 2.05) is 0 Å². The maximum Gasteiger partial charge on any atom is 0.195 e. The van der Waals surface area contributed by atoms with Gasteiger partial charge >= 0.3 is 0 Å². The molecule has 3 rings (SSSR count). The minimum Gasteiger partial charge on any atom is -0.235 e. The summed E-state index contributed by atoms with van der Waals surface area (Å²) in [5.41, 5.74) is 0.851. The van der Waals surface area contributed by atoms with Gasteiger partial charge in [-0.25, -0.2) is 23.1 Å². The second kappa shape index (κ2) is 4.06.